The lowest BCUT2D eigenvalue weighted by Crippen LogP contribution is -2.46. The molecule has 1 rings (SSSR count). The molecule has 1 atom stereocenters. The standard InChI is InChI=1S/C16H32N2O3/c1-12(2)18(15(19)21-16(3,4)5)10-9-17-14(11-20-6)13-7-8-13/h12-14,17H,7-11H2,1-6H3. The highest BCUT2D eigenvalue weighted by Crippen LogP contribution is 2.32. The molecule has 5 heteroatoms. The first-order chi connectivity index (χ1) is 9.74. The molecule has 0 heterocycles. The Bertz CT molecular complexity index is 322. The van der Waals surface area contributed by atoms with E-state index in [9.17, 15) is 4.79 Å². The number of methoxy groups -OCH3 is 1. The third-order valence-corrected chi connectivity index (χ3v) is 3.55. The van der Waals surface area contributed by atoms with Crippen LogP contribution in [0.5, 0.6) is 0 Å². The number of carbonyl (C=O) groups excluding carboxylic acids is 1. The van der Waals surface area contributed by atoms with Gasteiger partial charge in [0.25, 0.3) is 0 Å². The summed E-state index contributed by atoms with van der Waals surface area (Å²) in [6.07, 6.45) is 2.32. The maximum absolute atomic E-state index is 12.2. The van der Waals surface area contributed by atoms with Gasteiger partial charge in [-0.1, -0.05) is 0 Å². The van der Waals surface area contributed by atoms with Crippen molar-refractivity contribution in [3.8, 4) is 0 Å². The highest BCUT2D eigenvalue weighted by Gasteiger charge is 2.31. The van der Waals surface area contributed by atoms with Gasteiger partial charge in [-0.05, 0) is 53.4 Å². The molecule has 21 heavy (non-hydrogen) atoms. The summed E-state index contributed by atoms with van der Waals surface area (Å²) in [6.45, 7) is 11.9. The van der Waals surface area contributed by atoms with E-state index in [0.717, 1.165) is 19.1 Å². The summed E-state index contributed by atoms with van der Waals surface area (Å²) in [7, 11) is 1.73. The highest BCUT2D eigenvalue weighted by atomic mass is 16.6. The zero-order valence-electron chi connectivity index (χ0n) is 14.4. The molecule has 1 saturated carbocycles. The summed E-state index contributed by atoms with van der Waals surface area (Å²) in [5.41, 5.74) is -0.454. The van der Waals surface area contributed by atoms with Crippen molar-refractivity contribution < 1.29 is 14.3 Å². The average molecular weight is 300 g/mol. The van der Waals surface area contributed by atoms with E-state index < -0.39 is 5.60 Å². The molecule has 1 unspecified atom stereocenters. The lowest BCUT2D eigenvalue weighted by Gasteiger charge is -2.30. The van der Waals surface area contributed by atoms with E-state index in [2.05, 4.69) is 5.32 Å². The minimum Gasteiger partial charge on any atom is -0.444 e. The van der Waals surface area contributed by atoms with Crippen LogP contribution in [-0.4, -0.2) is 55.5 Å². The van der Waals surface area contributed by atoms with Gasteiger partial charge in [-0.15, -0.1) is 0 Å². The third kappa shape index (κ3) is 7.14. The Labute approximate surface area is 129 Å². The van der Waals surface area contributed by atoms with Crippen LogP contribution >= 0.6 is 0 Å². The molecule has 5 nitrogen and oxygen atoms in total. The molecule has 0 bridgehead atoms. The molecular formula is C16H32N2O3. The van der Waals surface area contributed by atoms with Crippen molar-refractivity contribution in [2.75, 3.05) is 26.8 Å². The number of hydrogen-bond acceptors (Lipinski definition) is 4. The lowest BCUT2D eigenvalue weighted by atomic mass is 10.2. The topological polar surface area (TPSA) is 50.8 Å². The number of amides is 1. The van der Waals surface area contributed by atoms with Gasteiger partial charge in [-0.2, -0.15) is 0 Å². The van der Waals surface area contributed by atoms with Crippen LogP contribution in [0.3, 0.4) is 0 Å². The van der Waals surface area contributed by atoms with E-state index in [1.165, 1.54) is 12.8 Å². The van der Waals surface area contributed by atoms with E-state index in [1.807, 2.05) is 34.6 Å². The second kappa shape index (κ2) is 7.99. The number of carbonyl (C=O) groups is 1. The molecule has 0 aromatic rings. The van der Waals surface area contributed by atoms with Crippen molar-refractivity contribution in [3.63, 3.8) is 0 Å². The molecule has 1 aliphatic carbocycles. The quantitative estimate of drug-likeness (QED) is 0.749. The molecule has 1 fully saturated rings. The van der Waals surface area contributed by atoms with Crippen LogP contribution in [0, 0.1) is 5.92 Å². The van der Waals surface area contributed by atoms with E-state index in [1.54, 1.807) is 12.0 Å². The van der Waals surface area contributed by atoms with Gasteiger partial charge in [0.05, 0.1) is 6.61 Å². The molecule has 0 spiro atoms. The number of rotatable bonds is 8. The Hall–Kier alpha value is -0.810. The van der Waals surface area contributed by atoms with Gasteiger partial charge < -0.3 is 19.7 Å². The molecule has 0 aliphatic heterocycles. The molecule has 1 N–H and O–H groups in total. The van der Waals surface area contributed by atoms with Crippen LogP contribution in [0.4, 0.5) is 4.79 Å². The van der Waals surface area contributed by atoms with Crippen molar-refractivity contribution >= 4 is 6.09 Å². The summed E-state index contributed by atoms with van der Waals surface area (Å²) in [6, 6.07) is 0.533. The van der Waals surface area contributed by atoms with Gasteiger partial charge >= 0.3 is 6.09 Å². The number of nitrogens with one attached hydrogen (secondary N) is 1. The minimum absolute atomic E-state index is 0.128. The van der Waals surface area contributed by atoms with Gasteiger partial charge in [0, 0.05) is 32.3 Å². The van der Waals surface area contributed by atoms with Crippen molar-refractivity contribution in [1.82, 2.24) is 10.2 Å². The van der Waals surface area contributed by atoms with E-state index in [4.69, 9.17) is 9.47 Å². The molecule has 0 radical (unpaired) electrons. The molecule has 0 aromatic heterocycles. The van der Waals surface area contributed by atoms with Crippen molar-refractivity contribution in [2.24, 2.45) is 5.92 Å². The van der Waals surface area contributed by atoms with Crippen LogP contribution in [0.2, 0.25) is 0 Å². The normalized spacial score (nSPS) is 16.9. The maximum Gasteiger partial charge on any atom is 0.410 e. The van der Waals surface area contributed by atoms with Gasteiger partial charge in [-0.25, -0.2) is 4.79 Å². The lowest BCUT2D eigenvalue weighted by molar-refractivity contribution is 0.0190. The summed E-state index contributed by atoms with van der Waals surface area (Å²) < 4.78 is 10.7. The van der Waals surface area contributed by atoms with Crippen LogP contribution in [0.25, 0.3) is 0 Å². The molecule has 0 saturated heterocycles. The second-order valence-corrected chi connectivity index (χ2v) is 7.12. The minimum atomic E-state index is -0.454. The number of nitrogens with zero attached hydrogens (tertiary/aromatic N) is 1. The second-order valence-electron chi connectivity index (χ2n) is 7.12. The summed E-state index contributed by atoms with van der Waals surface area (Å²) in [5, 5.41) is 3.51. The molecule has 0 aromatic carbocycles. The fraction of sp³-hybridized carbons (Fsp3) is 0.938. The van der Waals surface area contributed by atoms with Crippen LogP contribution < -0.4 is 5.32 Å². The van der Waals surface area contributed by atoms with Gasteiger partial charge in [-0.3, -0.25) is 0 Å². The fourth-order valence-corrected chi connectivity index (χ4v) is 2.29. The van der Waals surface area contributed by atoms with Crippen molar-refractivity contribution in [2.45, 2.75) is 65.1 Å². The van der Waals surface area contributed by atoms with Crippen molar-refractivity contribution in [3.05, 3.63) is 0 Å². The number of ether oxygens (including phenoxy) is 2. The summed E-state index contributed by atoms with van der Waals surface area (Å²) >= 11 is 0. The SMILES string of the molecule is COCC(NCCN(C(=O)OC(C)(C)C)C(C)C)C1CC1. The predicted octanol–water partition coefficient (Wildman–Crippen LogP) is 2.65. The Balaban J connectivity index is 2.41. The Morgan fingerprint density at radius 2 is 1.95 bits per heavy atom. The summed E-state index contributed by atoms with van der Waals surface area (Å²) in [4.78, 5) is 14.0. The number of hydrogen-bond donors (Lipinski definition) is 1. The highest BCUT2D eigenvalue weighted by molar-refractivity contribution is 5.68. The fourth-order valence-electron chi connectivity index (χ4n) is 2.29. The first-order valence-corrected chi connectivity index (χ1v) is 7.96. The van der Waals surface area contributed by atoms with E-state index in [0.29, 0.717) is 12.6 Å². The first kappa shape index (κ1) is 18.2. The van der Waals surface area contributed by atoms with Gasteiger partial charge in [0.1, 0.15) is 5.60 Å². The third-order valence-electron chi connectivity index (χ3n) is 3.55. The first-order valence-electron chi connectivity index (χ1n) is 7.96. The van der Waals surface area contributed by atoms with Gasteiger partial charge in [0.2, 0.25) is 0 Å². The molecule has 1 amide bonds. The van der Waals surface area contributed by atoms with Crippen LogP contribution in [0.1, 0.15) is 47.5 Å². The zero-order chi connectivity index (χ0) is 16.0. The average Bonchev–Trinajstić information content (AvgIpc) is 3.14. The van der Waals surface area contributed by atoms with Crippen LogP contribution in [0.15, 0.2) is 0 Å². The monoisotopic (exact) mass is 300 g/mol. The Morgan fingerprint density at radius 3 is 2.38 bits per heavy atom. The van der Waals surface area contributed by atoms with E-state index in [-0.39, 0.29) is 12.1 Å². The predicted molar refractivity (Wildman–Crippen MR) is 84.5 cm³/mol. The molecule has 1 aliphatic rings. The largest absolute Gasteiger partial charge is 0.444 e. The van der Waals surface area contributed by atoms with Crippen LogP contribution in [-0.2, 0) is 9.47 Å². The summed E-state index contributed by atoms with van der Waals surface area (Å²) in [5.74, 6) is 0.735. The van der Waals surface area contributed by atoms with Gasteiger partial charge in [0.15, 0.2) is 0 Å². The Morgan fingerprint density at radius 1 is 1.33 bits per heavy atom. The smallest absolute Gasteiger partial charge is 0.410 e. The zero-order valence-corrected chi connectivity index (χ0v) is 14.4. The Kier molecular flexibility index (Phi) is 6.94. The molecular weight excluding hydrogens is 268 g/mol. The van der Waals surface area contributed by atoms with Crippen molar-refractivity contribution in [1.29, 1.82) is 0 Å². The maximum atomic E-state index is 12.2. The molecule has 124 valence electrons. The van der Waals surface area contributed by atoms with E-state index >= 15 is 0 Å².